The molecule has 0 aliphatic carbocycles. The lowest BCUT2D eigenvalue weighted by molar-refractivity contribution is 1.06. The molecule has 4 heteroatoms. The molecule has 3 nitrogen and oxygen atoms in total. The Morgan fingerprint density at radius 3 is 2.76 bits per heavy atom. The van der Waals surface area contributed by atoms with Gasteiger partial charge in [0.15, 0.2) is 0 Å². The normalized spacial score (nSPS) is 10.8. The molecule has 2 aromatic heterocycles. The molecule has 0 fully saturated rings. The number of hydrogen-bond donors (Lipinski definition) is 0. The highest BCUT2D eigenvalue weighted by atomic mass is 35.5. The number of nitriles is 1. The number of hydrogen-bond acceptors (Lipinski definition) is 2. The summed E-state index contributed by atoms with van der Waals surface area (Å²) in [5.41, 5.74) is 5.84. The maximum absolute atomic E-state index is 9.14. The number of pyridine rings is 1. The van der Waals surface area contributed by atoms with Gasteiger partial charge in [-0.05, 0) is 31.5 Å². The first-order valence-corrected chi connectivity index (χ1v) is 7.10. The molecule has 3 rings (SSSR count). The van der Waals surface area contributed by atoms with Crippen LogP contribution in [-0.2, 0) is 6.42 Å². The zero-order valence-corrected chi connectivity index (χ0v) is 12.6. The number of rotatable bonds is 2. The SMILES string of the molecule is Cc1ccc(-c2nc3cccc(Cl)n3c2CC#N)c(C)c1. The fraction of sp³-hybridized carbons (Fsp3) is 0.176. The summed E-state index contributed by atoms with van der Waals surface area (Å²) in [5.74, 6) is 0. The molecule has 0 aliphatic rings. The predicted octanol–water partition coefficient (Wildman–Crippen LogP) is 4.34. The van der Waals surface area contributed by atoms with Crippen molar-refractivity contribution in [3.05, 3.63) is 58.4 Å². The quantitative estimate of drug-likeness (QED) is 0.660. The van der Waals surface area contributed by atoms with Crippen LogP contribution < -0.4 is 0 Å². The van der Waals surface area contributed by atoms with Gasteiger partial charge in [-0.1, -0.05) is 41.4 Å². The zero-order valence-electron chi connectivity index (χ0n) is 11.9. The van der Waals surface area contributed by atoms with E-state index in [1.54, 1.807) is 0 Å². The average molecular weight is 296 g/mol. The van der Waals surface area contributed by atoms with Gasteiger partial charge in [-0.3, -0.25) is 4.40 Å². The van der Waals surface area contributed by atoms with Gasteiger partial charge < -0.3 is 0 Å². The fourth-order valence-corrected chi connectivity index (χ4v) is 2.91. The largest absolute Gasteiger partial charge is 0.285 e. The van der Waals surface area contributed by atoms with Gasteiger partial charge in [0, 0.05) is 5.56 Å². The maximum Gasteiger partial charge on any atom is 0.138 e. The molecule has 0 saturated carbocycles. The average Bonchev–Trinajstić information content (AvgIpc) is 2.79. The fourth-order valence-electron chi connectivity index (χ4n) is 2.64. The van der Waals surface area contributed by atoms with Crippen molar-refractivity contribution in [1.29, 1.82) is 5.26 Å². The highest BCUT2D eigenvalue weighted by Crippen LogP contribution is 2.30. The minimum atomic E-state index is 0.271. The summed E-state index contributed by atoms with van der Waals surface area (Å²) in [5, 5.41) is 9.71. The van der Waals surface area contributed by atoms with Crippen molar-refractivity contribution in [2.45, 2.75) is 20.3 Å². The molecule has 0 bridgehead atoms. The van der Waals surface area contributed by atoms with E-state index in [1.165, 1.54) is 5.56 Å². The van der Waals surface area contributed by atoms with E-state index in [0.29, 0.717) is 5.15 Å². The van der Waals surface area contributed by atoms with Gasteiger partial charge in [-0.25, -0.2) is 4.98 Å². The number of imidazole rings is 1. The third-order valence-electron chi connectivity index (χ3n) is 3.57. The minimum Gasteiger partial charge on any atom is -0.285 e. The first-order valence-electron chi connectivity index (χ1n) is 6.72. The Morgan fingerprint density at radius 2 is 2.05 bits per heavy atom. The third kappa shape index (κ3) is 2.28. The molecule has 0 unspecified atom stereocenters. The van der Waals surface area contributed by atoms with E-state index in [0.717, 1.165) is 28.2 Å². The van der Waals surface area contributed by atoms with Crippen LogP contribution in [0.1, 0.15) is 16.8 Å². The van der Waals surface area contributed by atoms with Crippen molar-refractivity contribution in [2.75, 3.05) is 0 Å². The van der Waals surface area contributed by atoms with Crippen LogP contribution in [0.3, 0.4) is 0 Å². The lowest BCUT2D eigenvalue weighted by Gasteiger charge is -2.06. The molecule has 1 aromatic carbocycles. The number of aryl methyl sites for hydroxylation is 2. The first kappa shape index (κ1) is 13.7. The molecular formula is C17H14ClN3. The van der Waals surface area contributed by atoms with E-state index in [4.69, 9.17) is 16.9 Å². The number of benzene rings is 1. The van der Waals surface area contributed by atoms with Crippen molar-refractivity contribution in [3.8, 4) is 17.3 Å². The van der Waals surface area contributed by atoms with Gasteiger partial charge in [0.25, 0.3) is 0 Å². The van der Waals surface area contributed by atoms with Crippen molar-refractivity contribution in [3.63, 3.8) is 0 Å². The number of nitrogens with zero attached hydrogens (tertiary/aromatic N) is 3. The van der Waals surface area contributed by atoms with E-state index in [2.05, 4.69) is 43.1 Å². The Balaban J connectivity index is 2.34. The van der Waals surface area contributed by atoms with Gasteiger partial charge in [0.05, 0.1) is 23.9 Å². The summed E-state index contributed by atoms with van der Waals surface area (Å²) in [4.78, 5) is 4.68. The highest BCUT2D eigenvalue weighted by Gasteiger charge is 2.16. The highest BCUT2D eigenvalue weighted by molar-refractivity contribution is 6.29. The number of halogens is 1. The molecule has 21 heavy (non-hydrogen) atoms. The number of fused-ring (bicyclic) bond motifs is 1. The lowest BCUT2D eigenvalue weighted by Crippen LogP contribution is -1.95. The maximum atomic E-state index is 9.14. The molecule has 0 saturated heterocycles. The molecule has 0 amide bonds. The monoisotopic (exact) mass is 295 g/mol. The molecule has 0 N–H and O–H groups in total. The van der Waals surface area contributed by atoms with Gasteiger partial charge >= 0.3 is 0 Å². The Bertz CT molecular complexity index is 872. The second kappa shape index (κ2) is 5.23. The molecule has 3 aromatic rings. The minimum absolute atomic E-state index is 0.271. The lowest BCUT2D eigenvalue weighted by atomic mass is 10.0. The van der Waals surface area contributed by atoms with Crippen LogP contribution in [-0.4, -0.2) is 9.38 Å². The Kier molecular flexibility index (Phi) is 3.40. The van der Waals surface area contributed by atoms with Crippen LogP contribution in [0.2, 0.25) is 5.15 Å². The van der Waals surface area contributed by atoms with Gasteiger partial charge in [0.1, 0.15) is 10.8 Å². The van der Waals surface area contributed by atoms with E-state index in [-0.39, 0.29) is 6.42 Å². The van der Waals surface area contributed by atoms with Crippen LogP contribution in [0.15, 0.2) is 36.4 Å². The molecule has 0 atom stereocenters. The van der Waals surface area contributed by atoms with Crippen LogP contribution in [0.5, 0.6) is 0 Å². The molecule has 2 heterocycles. The summed E-state index contributed by atoms with van der Waals surface area (Å²) in [6.07, 6.45) is 0.271. The summed E-state index contributed by atoms with van der Waals surface area (Å²) in [6.45, 7) is 4.12. The molecule has 0 aliphatic heterocycles. The molecule has 104 valence electrons. The topological polar surface area (TPSA) is 41.1 Å². The van der Waals surface area contributed by atoms with Crippen molar-refractivity contribution < 1.29 is 0 Å². The third-order valence-corrected chi connectivity index (χ3v) is 3.87. The van der Waals surface area contributed by atoms with E-state index in [1.807, 2.05) is 22.6 Å². The van der Waals surface area contributed by atoms with E-state index in [9.17, 15) is 0 Å². The van der Waals surface area contributed by atoms with Gasteiger partial charge in [-0.2, -0.15) is 5.26 Å². The number of aromatic nitrogens is 2. The van der Waals surface area contributed by atoms with E-state index < -0.39 is 0 Å². The summed E-state index contributed by atoms with van der Waals surface area (Å²) < 4.78 is 1.85. The summed E-state index contributed by atoms with van der Waals surface area (Å²) >= 11 is 6.28. The molecule has 0 radical (unpaired) electrons. The van der Waals surface area contributed by atoms with Gasteiger partial charge in [-0.15, -0.1) is 0 Å². The second-order valence-electron chi connectivity index (χ2n) is 5.10. The Morgan fingerprint density at radius 1 is 1.24 bits per heavy atom. The van der Waals surface area contributed by atoms with Gasteiger partial charge in [0.2, 0.25) is 0 Å². The zero-order chi connectivity index (χ0) is 15.0. The van der Waals surface area contributed by atoms with E-state index >= 15 is 0 Å². The standard InChI is InChI=1S/C17H14ClN3/c1-11-6-7-13(12(2)10-11)17-14(8-9-19)21-15(18)4-3-5-16(21)20-17/h3-7,10H,8H2,1-2H3. The molecule has 0 spiro atoms. The Hall–Kier alpha value is -2.31. The van der Waals surface area contributed by atoms with Crippen LogP contribution in [0.25, 0.3) is 16.9 Å². The summed E-state index contributed by atoms with van der Waals surface area (Å²) in [6, 6.07) is 14.0. The second-order valence-corrected chi connectivity index (χ2v) is 5.49. The summed E-state index contributed by atoms with van der Waals surface area (Å²) in [7, 11) is 0. The van der Waals surface area contributed by atoms with Crippen molar-refractivity contribution >= 4 is 17.2 Å². The van der Waals surface area contributed by atoms with Crippen LogP contribution >= 0.6 is 11.6 Å². The first-order chi connectivity index (χ1) is 10.1. The predicted molar refractivity (Wildman–Crippen MR) is 84.4 cm³/mol. The van der Waals surface area contributed by atoms with Crippen LogP contribution in [0.4, 0.5) is 0 Å². The van der Waals surface area contributed by atoms with Crippen molar-refractivity contribution in [2.24, 2.45) is 0 Å². The van der Waals surface area contributed by atoms with Crippen molar-refractivity contribution in [1.82, 2.24) is 9.38 Å². The Labute approximate surface area is 128 Å². The smallest absolute Gasteiger partial charge is 0.138 e. The molecular weight excluding hydrogens is 282 g/mol. The van der Waals surface area contributed by atoms with Crippen LogP contribution in [0, 0.1) is 25.2 Å².